The molecule has 8 heteroatoms. The lowest BCUT2D eigenvalue weighted by Crippen LogP contribution is -2.37. The van der Waals surface area contributed by atoms with Crippen LogP contribution in [0.4, 0.5) is 5.69 Å². The van der Waals surface area contributed by atoms with E-state index in [9.17, 15) is 13.2 Å². The minimum absolute atomic E-state index is 0.109. The van der Waals surface area contributed by atoms with Crippen molar-refractivity contribution in [2.45, 2.75) is 17.4 Å². The Morgan fingerprint density at radius 2 is 1.76 bits per heavy atom. The van der Waals surface area contributed by atoms with E-state index in [0.717, 1.165) is 0 Å². The van der Waals surface area contributed by atoms with E-state index in [1.165, 1.54) is 19.2 Å². The standard InChI is InChI=1S/C17H17ClN2O4S/c1-24-15-6-8-16(9-7-15)25(22,23)19-13-10-17(21)20(11-13)14-4-2-12(18)3-5-14/h2-9,13,19H,10-11H2,1H3/t13-/m0/s1. The SMILES string of the molecule is COc1ccc(S(=O)(=O)N[C@H]2CC(=O)N(c3ccc(Cl)cc3)C2)cc1. The lowest BCUT2D eigenvalue weighted by atomic mass is 10.3. The van der Waals surface area contributed by atoms with E-state index in [0.29, 0.717) is 16.5 Å². The van der Waals surface area contributed by atoms with Gasteiger partial charge in [0.15, 0.2) is 0 Å². The Labute approximate surface area is 151 Å². The second-order valence-electron chi connectivity index (χ2n) is 5.68. The summed E-state index contributed by atoms with van der Waals surface area (Å²) in [6.07, 6.45) is 0.109. The number of carbonyl (C=O) groups is 1. The number of halogens is 1. The molecule has 132 valence electrons. The number of methoxy groups -OCH3 is 1. The van der Waals surface area contributed by atoms with Crippen molar-refractivity contribution in [3.8, 4) is 5.75 Å². The molecule has 1 N–H and O–H groups in total. The minimum Gasteiger partial charge on any atom is -0.497 e. The summed E-state index contributed by atoms with van der Waals surface area (Å²) in [5.41, 5.74) is 0.695. The van der Waals surface area contributed by atoms with Gasteiger partial charge in [0, 0.05) is 29.7 Å². The Hall–Kier alpha value is -2.09. The molecule has 0 saturated carbocycles. The average Bonchev–Trinajstić information content (AvgIpc) is 2.95. The summed E-state index contributed by atoms with van der Waals surface area (Å²) in [4.78, 5) is 13.9. The van der Waals surface area contributed by atoms with Gasteiger partial charge in [-0.25, -0.2) is 13.1 Å². The van der Waals surface area contributed by atoms with E-state index >= 15 is 0 Å². The Morgan fingerprint density at radius 1 is 1.12 bits per heavy atom. The molecule has 6 nitrogen and oxygen atoms in total. The zero-order chi connectivity index (χ0) is 18.0. The first-order valence-electron chi connectivity index (χ1n) is 7.61. The van der Waals surface area contributed by atoms with Gasteiger partial charge in [-0.05, 0) is 48.5 Å². The first kappa shape index (κ1) is 17.7. The summed E-state index contributed by atoms with van der Waals surface area (Å²) in [5, 5.41) is 0.576. The maximum absolute atomic E-state index is 12.5. The molecule has 1 fully saturated rings. The van der Waals surface area contributed by atoms with Crippen molar-refractivity contribution in [3.63, 3.8) is 0 Å². The van der Waals surface area contributed by atoms with Crippen LogP contribution in [0.5, 0.6) is 5.75 Å². The van der Waals surface area contributed by atoms with Crippen LogP contribution in [0.3, 0.4) is 0 Å². The molecule has 0 aliphatic carbocycles. The fraction of sp³-hybridized carbons (Fsp3) is 0.235. The van der Waals surface area contributed by atoms with Crippen LogP contribution < -0.4 is 14.4 Å². The van der Waals surface area contributed by atoms with Crippen molar-refractivity contribution in [1.29, 1.82) is 0 Å². The lowest BCUT2D eigenvalue weighted by Gasteiger charge is -2.17. The van der Waals surface area contributed by atoms with Gasteiger partial charge in [0.2, 0.25) is 15.9 Å². The number of carbonyl (C=O) groups excluding carboxylic acids is 1. The predicted octanol–water partition coefficient (Wildman–Crippen LogP) is 2.43. The third-order valence-corrected chi connectivity index (χ3v) is 5.74. The van der Waals surface area contributed by atoms with Crippen molar-refractivity contribution in [2.75, 3.05) is 18.6 Å². The van der Waals surface area contributed by atoms with Gasteiger partial charge in [-0.1, -0.05) is 11.6 Å². The number of hydrogen-bond acceptors (Lipinski definition) is 4. The second-order valence-corrected chi connectivity index (χ2v) is 7.83. The van der Waals surface area contributed by atoms with E-state index in [4.69, 9.17) is 16.3 Å². The number of rotatable bonds is 5. The van der Waals surface area contributed by atoms with Gasteiger partial charge in [0.25, 0.3) is 0 Å². The van der Waals surface area contributed by atoms with E-state index in [2.05, 4.69) is 4.72 Å². The van der Waals surface area contributed by atoms with Gasteiger partial charge < -0.3 is 9.64 Å². The molecule has 1 heterocycles. The van der Waals surface area contributed by atoms with Crippen molar-refractivity contribution in [1.82, 2.24) is 4.72 Å². The molecule has 0 bridgehead atoms. The number of amides is 1. The highest BCUT2D eigenvalue weighted by Crippen LogP contribution is 2.24. The highest BCUT2D eigenvalue weighted by Gasteiger charge is 2.33. The van der Waals surface area contributed by atoms with Crippen molar-refractivity contribution < 1.29 is 17.9 Å². The van der Waals surface area contributed by atoms with Crippen LogP contribution in [0.2, 0.25) is 5.02 Å². The summed E-state index contributed by atoms with van der Waals surface area (Å²) in [7, 11) is -2.20. The van der Waals surface area contributed by atoms with Crippen LogP contribution >= 0.6 is 11.6 Å². The molecule has 3 rings (SSSR count). The molecular formula is C17H17ClN2O4S. The number of nitrogens with one attached hydrogen (secondary N) is 1. The third kappa shape index (κ3) is 3.95. The van der Waals surface area contributed by atoms with Crippen molar-refractivity contribution >= 4 is 33.2 Å². The fourth-order valence-electron chi connectivity index (χ4n) is 2.70. The Balaban J connectivity index is 1.72. The van der Waals surface area contributed by atoms with Crippen LogP contribution in [0, 0.1) is 0 Å². The summed E-state index contributed by atoms with van der Waals surface area (Å²) < 4.78 is 32.6. The lowest BCUT2D eigenvalue weighted by molar-refractivity contribution is -0.117. The molecule has 2 aromatic rings. The van der Waals surface area contributed by atoms with Gasteiger partial charge >= 0.3 is 0 Å². The fourth-order valence-corrected chi connectivity index (χ4v) is 4.05. The van der Waals surface area contributed by atoms with Gasteiger partial charge in [0.05, 0.1) is 12.0 Å². The summed E-state index contributed by atoms with van der Waals surface area (Å²) in [6.45, 7) is 0.274. The monoisotopic (exact) mass is 380 g/mol. The number of nitrogens with zero attached hydrogens (tertiary/aromatic N) is 1. The molecule has 1 aliphatic rings. The second kappa shape index (κ2) is 7.03. The van der Waals surface area contributed by atoms with Crippen LogP contribution in [0.25, 0.3) is 0 Å². The quantitative estimate of drug-likeness (QED) is 0.864. The molecule has 0 radical (unpaired) electrons. The highest BCUT2D eigenvalue weighted by molar-refractivity contribution is 7.89. The Morgan fingerprint density at radius 3 is 2.36 bits per heavy atom. The molecule has 0 spiro atoms. The molecule has 0 unspecified atom stereocenters. The molecule has 2 aromatic carbocycles. The Bertz CT molecular complexity index is 867. The van der Waals surface area contributed by atoms with Crippen LogP contribution in [-0.4, -0.2) is 34.0 Å². The van der Waals surface area contributed by atoms with Crippen LogP contribution in [0.1, 0.15) is 6.42 Å². The van der Waals surface area contributed by atoms with Gasteiger partial charge in [-0.3, -0.25) is 4.79 Å². The third-order valence-electron chi connectivity index (χ3n) is 3.95. The molecule has 0 aromatic heterocycles. The molecule has 1 saturated heterocycles. The number of benzene rings is 2. The van der Waals surface area contributed by atoms with Crippen LogP contribution in [-0.2, 0) is 14.8 Å². The van der Waals surface area contributed by atoms with Crippen molar-refractivity contribution in [3.05, 3.63) is 53.6 Å². The molecule has 25 heavy (non-hydrogen) atoms. The molecule has 1 amide bonds. The maximum atomic E-state index is 12.5. The number of anilines is 1. The summed E-state index contributed by atoms with van der Waals surface area (Å²) in [5.74, 6) is 0.439. The normalized spacial score (nSPS) is 17.8. The van der Waals surface area contributed by atoms with Crippen LogP contribution in [0.15, 0.2) is 53.4 Å². The van der Waals surface area contributed by atoms with Gasteiger partial charge in [0.1, 0.15) is 5.75 Å². The van der Waals surface area contributed by atoms with Gasteiger partial charge in [-0.15, -0.1) is 0 Å². The van der Waals surface area contributed by atoms with E-state index in [1.54, 1.807) is 41.3 Å². The van der Waals surface area contributed by atoms with Crippen molar-refractivity contribution in [2.24, 2.45) is 0 Å². The minimum atomic E-state index is -3.71. The number of sulfonamides is 1. The van der Waals surface area contributed by atoms with E-state index < -0.39 is 16.1 Å². The summed E-state index contributed by atoms with van der Waals surface area (Å²) >= 11 is 5.86. The topological polar surface area (TPSA) is 75.7 Å². The first-order chi connectivity index (χ1) is 11.9. The first-order valence-corrected chi connectivity index (χ1v) is 9.47. The zero-order valence-corrected chi connectivity index (χ0v) is 15.0. The highest BCUT2D eigenvalue weighted by atomic mass is 35.5. The smallest absolute Gasteiger partial charge is 0.240 e. The maximum Gasteiger partial charge on any atom is 0.240 e. The largest absolute Gasteiger partial charge is 0.497 e. The summed E-state index contributed by atoms with van der Waals surface area (Å²) in [6, 6.07) is 12.5. The number of ether oxygens (including phenoxy) is 1. The zero-order valence-electron chi connectivity index (χ0n) is 13.5. The molecular weight excluding hydrogens is 364 g/mol. The number of hydrogen-bond donors (Lipinski definition) is 1. The Kier molecular flexibility index (Phi) is 4.99. The van der Waals surface area contributed by atoms with Gasteiger partial charge in [-0.2, -0.15) is 0 Å². The van der Waals surface area contributed by atoms with E-state index in [1.807, 2.05) is 0 Å². The molecule has 1 atom stereocenters. The van der Waals surface area contributed by atoms with E-state index in [-0.39, 0.29) is 23.8 Å². The molecule has 1 aliphatic heterocycles. The predicted molar refractivity (Wildman–Crippen MR) is 95.5 cm³/mol. The average molecular weight is 381 g/mol.